The van der Waals surface area contributed by atoms with Crippen LogP contribution in [0.1, 0.15) is 48.2 Å². The highest BCUT2D eigenvalue weighted by atomic mass is 16.5. The molecule has 1 aromatic rings. The molecular weight excluding hydrogens is 270 g/mol. The number of hydrogen-bond acceptors (Lipinski definition) is 6. The lowest BCUT2D eigenvalue weighted by Gasteiger charge is -2.25. The van der Waals surface area contributed by atoms with Crippen LogP contribution in [0, 0.1) is 0 Å². The fourth-order valence-corrected chi connectivity index (χ4v) is 3.20. The first-order valence-electron chi connectivity index (χ1n) is 7.68. The Morgan fingerprint density at radius 2 is 2.29 bits per heavy atom. The molecule has 0 aromatic carbocycles. The molecule has 7 nitrogen and oxygen atoms in total. The molecule has 0 saturated carbocycles. The Hall–Kier alpha value is -1.47. The van der Waals surface area contributed by atoms with E-state index in [0.29, 0.717) is 5.89 Å². The number of aromatic nitrogens is 2. The molecule has 2 aliphatic heterocycles. The minimum Gasteiger partial charge on any atom is -0.337 e. The van der Waals surface area contributed by atoms with Crippen LogP contribution in [0.3, 0.4) is 0 Å². The van der Waals surface area contributed by atoms with E-state index < -0.39 is 0 Å². The van der Waals surface area contributed by atoms with E-state index in [1.54, 1.807) is 0 Å². The van der Waals surface area contributed by atoms with Crippen molar-refractivity contribution < 1.29 is 9.32 Å². The zero-order valence-corrected chi connectivity index (χ0v) is 12.7. The summed E-state index contributed by atoms with van der Waals surface area (Å²) < 4.78 is 5.26. The van der Waals surface area contributed by atoms with Gasteiger partial charge in [0.05, 0.1) is 6.04 Å². The molecule has 7 heteroatoms. The van der Waals surface area contributed by atoms with E-state index in [1.807, 2.05) is 19.0 Å². The Morgan fingerprint density at radius 3 is 3.00 bits per heavy atom. The monoisotopic (exact) mass is 293 g/mol. The summed E-state index contributed by atoms with van der Waals surface area (Å²) >= 11 is 0. The number of amides is 1. The van der Waals surface area contributed by atoms with Gasteiger partial charge in [0.2, 0.25) is 5.89 Å². The van der Waals surface area contributed by atoms with E-state index in [4.69, 9.17) is 4.52 Å². The normalized spacial score (nSPS) is 26.0. The number of likely N-dealkylation sites (tertiary alicyclic amines) is 1. The Kier molecular flexibility index (Phi) is 4.21. The highest BCUT2D eigenvalue weighted by Crippen LogP contribution is 2.23. The first kappa shape index (κ1) is 14.5. The van der Waals surface area contributed by atoms with Crippen molar-refractivity contribution in [2.75, 3.05) is 33.7 Å². The Morgan fingerprint density at radius 1 is 1.43 bits per heavy atom. The van der Waals surface area contributed by atoms with Gasteiger partial charge in [0.15, 0.2) is 0 Å². The molecule has 2 fully saturated rings. The van der Waals surface area contributed by atoms with Crippen molar-refractivity contribution >= 4 is 5.91 Å². The summed E-state index contributed by atoms with van der Waals surface area (Å²) in [4.78, 5) is 20.9. The van der Waals surface area contributed by atoms with Crippen LogP contribution in [0.5, 0.6) is 0 Å². The van der Waals surface area contributed by atoms with E-state index in [1.165, 1.54) is 0 Å². The maximum Gasteiger partial charge on any atom is 0.295 e. The molecule has 21 heavy (non-hydrogen) atoms. The molecule has 2 saturated heterocycles. The minimum atomic E-state index is -0.104. The van der Waals surface area contributed by atoms with Gasteiger partial charge >= 0.3 is 0 Å². The molecule has 116 valence electrons. The van der Waals surface area contributed by atoms with Crippen molar-refractivity contribution in [3.05, 3.63) is 11.7 Å². The summed E-state index contributed by atoms with van der Waals surface area (Å²) in [6.45, 7) is 2.62. The second kappa shape index (κ2) is 6.11. The van der Waals surface area contributed by atoms with Gasteiger partial charge in [-0.15, -0.1) is 0 Å². The molecule has 1 aromatic heterocycles. The maximum absolute atomic E-state index is 12.6. The number of carbonyl (C=O) groups excluding carboxylic acids is 1. The zero-order chi connectivity index (χ0) is 14.8. The van der Waals surface area contributed by atoms with Crippen molar-refractivity contribution in [2.45, 2.75) is 37.8 Å². The third kappa shape index (κ3) is 3.08. The third-order valence-corrected chi connectivity index (χ3v) is 4.21. The molecule has 0 spiro atoms. The molecule has 1 amide bonds. The predicted molar refractivity (Wildman–Crippen MR) is 76.9 cm³/mol. The molecule has 0 radical (unpaired) electrons. The molecule has 2 aliphatic rings. The van der Waals surface area contributed by atoms with Crippen LogP contribution in [0.2, 0.25) is 0 Å². The molecule has 3 heterocycles. The molecule has 2 atom stereocenters. The minimum absolute atomic E-state index is 0.104. The lowest BCUT2D eigenvalue weighted by atomic mass is 10.2. The van der Waals surface area contributed by atoms with E-state index in [0.717, 1.165) is 45.3 Å². The number of nitrogens with zero attached hydrogens (tertiary/aromatic N) is 4. The quantitative estimate of drug-likeness (QED) is 0.879. The van der Waals surface area contributed by atoms with Crippen molar-refractivity contribution in [1.82, 2.24) is 25.3 Å². The Labute approximate surface area is 124 Å². The first-order valence-corrected chi connectivity index (χ1v) is 7.68. The van der Waals surface area contributed by atoms with E-state index in [-0.39, 0.29) is 23.8 Å². The van der Waals surface area contributed by atoms with E-state index in [9.17, 15) is 4.79 Å². The number of hydrogen-bond donors (Lipinski definition) is 1. The fourth-order valence-electron chi connectivity index (χ4n) is 3.20. The van der Waals surface area contributed by atoms with Gasteiger partial charge in [0.25, 0.3) is 11.7 Å². The molecule has 1 N–H and O–H groups in total. The summed E-state index contributed by atoms with van der Waals surface area (Å²) in [5.41, 5.74) is 0. The summed E-state index contributed by atoms with van der Waals surface area (Å²) in [7, 11) is 4.05. The van der Waals surface area contributed by atoms with Crippen LogP contribution >= 0.6 is 0 Å². The molecular formula is C14H23N5O2. The van der Waals surface area contributed by atoms with Crippen LogP contribution in [-0.4, -0.2) is 65.6 Å². The van der Waals surface area contributed by atoms with Crippen molar-refractivity contribution in [3.63, 3.8) is 0 Å². The number of nitrogens with one attached hydrogen (secondary N) is 1. The summed E-state index contributed by atoms with van der Waals surface area (Å²) in [6, 6.07) is 0.356. The highest BCUT2D eigenvalue weighted by molar-refractivity contribution is 5.90. The first-order chi connectivity index (χ1) is 10.1. The SMILES string of the molecule is CN(C)CC1CCCN1C(=O)c1noc(C2CCCN2)n1. The molecule has 0 aliphatic carbocycles. The van der Waals surface area contributed by atoms with E-state index >= 15 is 0 Å². The molecule has 2 unspecified atom stereocenters. The zero-order valence-electron chi connectivity index (χ0n) is 12.7. The van der Waals surface area contributed by atoms with Crippen molar-refractivity contribution in [1.29, 1.82) is 0 Å². The van der Waals surface area contributed by atoms with E-state index in [2.05, 4.69) is 20.4 Å². The molecule has 0 bridgehead atoms. The van der Waals surface area contributed by atoms with Gasteiger partial charge in [-0.2, -0.15) is 4.98 Å². The van der Waals surface area contributed by atoms with Crippen LogP contribution in [-0.2, 0) is 0 Å². The van der Waals surface area contributed by atoms with Gasteiger partial charge in [-0.25, -0.2) is 0 Å². The number of likely N-dealkylation sites (N-methyl/N-ethyl adjacent to an activating group) is 1. The highest BCUT2D eigenvalue weighted by Gasteiger charge is 2.33. The van der Waals surface area contributed by atoms with Gasteiger partial charge in [-0.3, -0.25) is 4.79 Å². The predicted octanol–water partition coefficient (Wildman–Crippen LogP) is 0.660. The topological polar surface area (TPSA) is 74.5 Å². The van der Waals surface area contributed by atoms with Gasteiger partial charge in [0.1, 0.15) is 0 Å². The third-order valence-electron chi connectivity index (χ3n) is 4.21. The lowest BCUT2D eigenvalue weighted by molar-refractivity contribution is 0.0700. The summed E-state index contributed by atoms with van der Waals surface area (Å²) in [5.74, 6) is 0.635. The van der Waals surface area contributed by atoms with Crippen molar-refractivity contribution in [2.24, 2.45) is 0 Å². The largest absolute Gasteiger partial charge is 0.337 e. The Bertz CT molecular complexity index is 495. The average molecular weight is 293 g/mol. The summed E-state index contributed by atoms with van der Waals surface area (Å²) in [6.07, 6.45) is 4.17. The van der Waals surface area contributed by atoms with Crippen molar-refractivity contribution in [3.8, 4) is 0 Å². The van der Waals surface area contributed by atoms with Crippen LogP contribution < -0.4 is 5.32 Å². The Balaban J connectivity index is 1.69. The van der Waals surface area contributed by atoms with Gasteiger partial charge in [0, 0.05) is 19.1 Å². The van der Waals surface area contributed by atoms with Gasteiger partial charge < -0.3 is 19.6 Å². The summed E-state index contributed by atoms with van der Waals surface area (Å²) in [5, 5.41) is 7.19. The smallest absolute Gasteiger partial charge is 0.295 e. The average Bonchev–Trinajstić information content (AvgIpc) is 3.18. The van der Waals surface area contributed by atoms with Crippen LogP contribution in [0.25, 0.3) is 0 Å². The second-order valence-corrected chi connectivity index (χ2v) is 6.16. The second-order valence-electron chi connectivity index (χ2n) is 6.16. The fraction of sp³-hybridized carbons (Fsp3) is 0.786. The standard InChI is InChI=1S/C14H23N5O2/c1-18(2)9-10-5-4-8-19(10)14(20)12-16-13(21-17-12)11-6-3-7-15-11/h10-11,15H,3-9H2,1-2H3. The molecule has 3 rings (SSSR count). The van der Waals surface area contributed by atoms with Gasteiger partial charge in [-0.05, 0) is 46.3 Å². The lowest BCUT2D eigenvalue weighted by Crippen LogP contribution is -2.41. The number of rotatable bonds is 4. The maximum atomic E-state index is 12.6. The van der Waals surface area contributed by atoms with Crippen LogP contribution in [0.4, 0.5) is 0 Å². The van der Waals surface area contributed by atoms with Gasteiger partial charge in [-0.1, -0.05) is 5.16 Å². The van der Waals surface area contributed by atoms with Crippen LogP contribution in [0.15, 0.2) is 4.52 Å². The number of carbonyl (C=O) groups is 1.